The molecule has 1 aromatic carbocycles. The van der Waals surface area contributed by atoms with E-state index in [0.29, 0.717) is 5.56 Å². The minimum atomic E-state index is -1.86. The summed E-state index contributed by atoms with van der Waals surface area (Å²) in [7, 11) is -1.67. The van der Waals surface area contributed by atoms with Crippen molar-refractivity contribution in [3.63, 3.8) is 0 Å². The molecular formula is C14H23ClFNO3Si. The van der Waals surface area contributed by atoms with Crippen LogP contribution < -0.4 is 10.2 Å². The van der Waals surface area contributed by atoms with Gasteiger partial charge in [-0.3, -0.25) is 0 Å². The van der Waals surface area contributed by atoms with Crippen molar-refractivity contribution in [2.75, 3.05) is 6.61 Å². The number of alkyl halides is 1. The van der Waals surface area contributed by atoms with Crippen LogP contribution in [0.15, 0.2) is 24.3 Å². The van der Waals surface area contributed by atoms with Crippen LogP contribution >= 0.6 is 12.4 Å². The first-order valence-corrected chi connectivity index (χ1v) is 10.0. The van der Waals surface area contributed by atoms with Crippen molar-refractivity contribution in [3.05, 3.63) is 29.8 Å². The summed E-state index contributed by atoms with van der Waals surface area (Å²) in [6.07, 6.45) is -1.86. The van der Waals surface area contributed by atoms with E-state index < -0.39 is 26.5 Å². The first-order valence-electron chi connectivity index (χ1n) is 6.60. The fourth-order valence-corrected chi connectivity index (χ4v) is 2.49. The molecular weight excluding hydrogens is 313 g/mol. The second-order valence-corrected chi connectivity index (χ2v) is 9.89. The Morgan fingerprint density at radius 3 is 2.24 bits per heavy atom. The number of rotatable bonds is 6. The van der Waals surface area contributed by atoms with Crippen molar-refractivity contribution in [2.45, 2.75) is 38.8 Å². The lowest BCUT2D eigenvalue weighted by molar-refractivity contribution is -0.149. The molecule has 0 bridgehead atoms. The van der Waals surface area contributed by atoms with Gasteiger partial charge in [-0.05, 0) is 44.3 Å². The van der Waals surface area contributed by atoms with Gasteiger partial charge in [-0.25, -0.2) is 9.18 Å². The fraction of sp³-hybridized carbons (Fsp3) is 0.500. The van der Waals surface area contributed by atoms with Crippen molar-refractivity contribution in [1.82, 2.24) is 0 Å². The normalized spacial score (nSPS) is 13.8. The van der Waals surface area contributed by atoms with Gasteiger partial charge in [-0.15, -0.1) is 12.4 Å². The van der Waals surface area contributed by atoms with Gasteiger partial charge in [0.2, 0.25) is 14.5 Å². The summed E-state index contributed by atoms with van der Waals surface area (Å²) in [5.41, 5.74) is 6.27. The van der Waals surface area contributed by atoms with Crippen molar-refractivity contribution in [1.29, 1.82) is 0 Å². The molecule has 1 rings (SSSR count). The molecule has 1 aromatic rings. The van der Waals surface area contributed by atoms with Crippen LogP contribution in [0, 0.1) is 0 Å². The fourth-order valence-electron chi connectivity index (χ4n) is 1.65. The number of benzene rings is 1. The Labute approximate surface area is 132 Å². The largest absolute Gasteiger partial charge is 0.544 e. The van der Waals surface area contributed by atoms with Crippen molar-refractivity contribution < 1.29 is 18.3 Å². The molecule has 0 heterocycles. The summed E-state index contributed by atoms with van der Waals surface area (Å²) in [5, 5.41) is 0. The molecule has 1 unspecified atom stereocenters. The molecule has 0 fully saturated rings. The van der Waals surface area contributed by atoms with E-state index >= 15 is 0 Å². The summed E-state index contributed by atoms with van der Waals surface area (Å²) in [4.78, 5) is 11.3. The third kappa shape index (κ3) is 6.45. The molecule has 4 nitrogen and oxygen atoms in total. The molecule has 0 aromatic heterocycles. The smallest absolute Gasteiger partial charge is 0.342 e. The molecule has 2 atom stereocenters. The molecule has 0 amide bonds. The third-order valence-electron chi connectivity index (χ3n) is 2.52. The highest BCUT2D eigenvalue weighted by Gasteiger charge is 2.27. The highest BCUT2D eigenvalue weighted by molar-refractivity contribution is 6.70. The monoisotopic (exact) mass is 335 g/mol. The molecule has 0 spiro atoms. The highest BCUT2D eigenvalue weighted by Crippen LogP contribution is 2.22. The number of hydrogen-bond acceptors (Lipinski definition) is 4. The van der Waals surface area contributed by atoms with Gasteiger partial charge in [0.15, 0.2) is 0 Å². The quantitative estimate of drug-likeness (QED) is 0.640. The average molecular weight is 336 g/mol. The zero-order chi connectivity index (χ0) is 15.3. The van der Waals surface area contributed by atoms with Crippen LogP contribution in [0.25, 0.3) is 0 Å². The molecule has 21 heavy (non-hydrogen) atoms. The number of carbonyl (C=O) groups is 1. The number of esters is 1. The summed E-state index contributed by atoms with van der Waals surface area (Å²) < 4.78 is 24.2. The molecule has 0 aliphatic heterocycles. The van der Waals surface area contributed by atoms with Crippen LogP contribution in [0.3, 0.4) is 0 Å². The van der Waals surface area contributed by atoms with E-state index in [-0.39, 0.29) is 19.0 Å². The van der Waals surface area contributed by atoms with Crippen molar-refractivity contribution in [2.24, 2.45) is 5.73 Å². The van der Waals surface area contributed by atoms with E-state index in [2.05, 4.69) is 24.4 Å². The lowest BCUT2D eigenvalue weighted by Crippen LogP contribution is -2.31. The van der Waals surface area contributed by atoms with E-state index in [4.69, 9.17) is 10.2 Å². The summed E-state index contributed by atoms with van der Waals surface area (Å²) in [6.45, 7) is 7.98. The van der Waals surface area contributed by atoms with E-state index in [1.165, 1.54) is 0 Å². The van der Waals surface area contributed by atoms with E-state index in [0.717, 1.165) is 5.75 Å². The lowest BCUT2D eigenvalue weighted by Gasteiger charge is -2.20. The molecule has 0 saturated heterocycles. The molecule has 2 N–H and O–H groups in total. The standard InChI is InChI=1S/C14H22FNO3Si.ClH/c1-5-18-14(17)12(15)13(16)10-6-8-11(9-7-10)19-20(2,3)4;/h6-9,12-13H,5,16H2,1-4H3;1H/t12?,13-;/m1./s1. The Balaban J connectivity index is 0.00000400. The van der Waals surface area contributed by atoms with Crippen LogP contribution in [-0.4, -0.2) is 27.1 Å². The van der Waals surface area contributed by atoms with E-state index in [1.807, 2.05) is 0 Å². The second-order valence-electron chi connectivity index (χ2n) is 5.46. The predicted octanol–water partition coefficient (Wildman–Crippen LogP) is 3.22. The summed E-state index contributed by atoms with van der Waals surface area (Å²) in [6, 6.07) is 5.80. The maximum Gasteiger partial charge on any atom is 0.342 e. The molecule has 0 radical (unpaired) electrons. The zero-order valence-electron chi connectivity index (χ0n) is 12.8. The van der Waals surface area contributed by atoms with E-state index in [9.17, 15) is 9.18 Å². The number of carbonyl (C=O) groups excluding carboxylic acids is 1. The molecule has 0 aliphatic rings. The molecule has 0 saturated carbocycles. The van der Waals surface area contributed by atoms with Crippen molar-refractivity contribution in [3.8, 4) is 5.75 Å². The van der Waals surface area contributed by atoms with Crippen LogP contribution in [0.5, 0.6) is 5.75 Å². The third-order valence-corrected chi connectivity index (χ3v) is 3.36. The molecule has 7 heteroatoms. The van der Waals surface area contributed by atoms with Gasteiger partial charge >= 0.3 is 5.97 Å². The summed E-state index contributed by atoms with van der Waals surface area (Å²) in [5.74, 6) is -0.200. The number of hydrogen-bond donors (Lipinski definition) is 1. The van der Waals surface area contributed by atoms with Gasteiger partial charge in [0.05, 0.1) is 12.6 Å². The van der Waals surface area contributed by atoms with Crippen LogP contribution in [0.2, 0.25) is 19.6 Å². The zero-order valence-corrected chi connectivity index (χ0v) is 14.6. The first-order chi connectivity index (χ1) is 9.24. The van der Waals surface area contributed by atoms with Gasteiger partial charge in [0.25, 0.3) is 0 Å². The Hall–Kier alpha value is -1.11. The minimum Gasteiger partial charge on any atom is -0.544 e. The Morgan fingerprint density at radius 1 is 1.29 bits per heavy atom. The predicted molar refractivity (Wildman–Crippen MR) is 86.1 cm³/mol. The average Bonchev–Trinajstić information content (AvgIpc) is 2.36. The van der Waals surface area contributed by atoms with Crippen LogP contribution in [-0.2, 0) is 9.53 Å². The highest BCUT2D eigenvalue weighted by atomic mass is 35.5. The number of ether oxygens (including phenoxy) is 1. The van der Waals surface area contributed by atoms with Gasteiger partial charge in [-0.2, -0.15) is 0 Å². The number of halogens is 2. The SMILES string of the molecule is CCOC(=O)C(F)[C@H](N)c1ccc(O[Si](C)(C)C)cc1.Cl. The molecule has 0 aliphatic carbocycles. The Morgan fingerprint density at radius 2 is 1.81 bits per heavy atom. The maximum absolute atomic E-state index is 13.8. The minimum absolute atomic E-state index is 0. The Kier molecular flexibility index (Phi) is 7.92. The van der Waals surface area contributed by atoms with Gasteiger partial charge in [0.1, 0.15) is 5.75 Å². The van der Waals surface area contributed by atoms with E-state index in [1.54, 1.807) is 31.2 Å². The second kappa shape index (κ2) is 8.36. The van der Waals surface area contributed by atoms with Crippen LogP contribution in [0.1, 0.15) is 18.5 Å². The topological polar surface area (TPSA) is 61.5 Å². The van der Waals surface area contributed by atoms with Crippen LogP contribution in [0.4, 0.5) is 4.39 Å². The molecule has 120 valence electrons. The lowest BCUT2D eigenvalue weighted by atomic mass is 10.0. The van der Waals surface area contributed by atoms with Gasteiger partial charge in [-0.1, -0.05) is 12.1 Å². The van der Waals surface area contributed by atoms with Gasteiger partial charge < -0.3 is 14.9 Å². The van der Waals surface area contributed by atoms with Crippen molar-refractivity contribution >= 4 is 26.7 Å². The maximum atomic E-state index is 13.8. The summed E-state index contributed by atoms with van der Waals surface area (Å²) >= 11 is 0. The first kappa shape index (κ1) is 19.9. The number of nitrogens with two attached hydrogens (primary N) is 1. The Bertz CT molecular complexity index is 451. The van der Waals surface area contributed by atoms with Gasteiger partial charge in [0, 0.05) is 0 Å².